The molecule has 19 heavy (non-hydrogen) atoms. The summed E-state index contributed by atoms with van der Waals surface area (Å²) in [6, 6.07) is 0. The number of nitrogens with two attached hydrogens (primary N) is 1. The molecule has 0 saturated carbocycles. The number of ether oxygens (including phenoxy) is 1. The molecule has 0 spiro atoms. The van der Waals surface area contributed by atoms with Gasteiger partial charge in [0.15, 0.2) is 11.5 Å². The number of anilines is 2. The minimum Gasteiger partial charge on any atom is -0.492 e. The summed E-state index contributed by atoms with van der Waals surface area (Å²) in [7, 11) is 1.62. The molecule has 2 rings (SSSR count). The van der Waals surface area contributed by atoms with E-state index in [1.807, 2.05) is 18.7 Å². The van der Waals surface area contributed by atoms with Crippen molar-refractivity contribution in [2.45, 2.75) is 25.5 Å². The highest BCUT2D eigenvalue weighted by Gasteiger charge is 2.27. The van der Waals surface area contributed by atoms with Crippen molar-refractivity contribution in [3.8, 4) is 5.75 Å². The SMILES string of the molecule is CCC(=O)c1sc(N2CCSC(C)C2)c(OC)c1N. The third-order valence-corrected chi connectivity index (χ3v) is 5.61. The summed E-state index contributed by atoms with van der Waals surface area (Å²) >= 11 is 3.44. The maximum atomic E-state index is 11.9. The first-order valence-corrected chi connectivity index (χ1v) is 8.31. The number of thioether (sulfide) groups is 1. The summed E-state index contributed by atoms with van der Waals surface area (Å²) in [5.41, 5.74) is 6.57. The van der Waals surface area contributed by atoms with E-state index in [4.69, 9.17) is 10.5 Å². The number of Topliss-reactive ketones (excluding diaryl/α,β-unsaturated/α-hetero) is 1. The average molecular weight is 300 g/mol. The molecule has 0 bridgehead atoms. The van der Waals surface area contributed by atoms with Gasteiger partial charge >= 0.3 is 0 Å². The van der Waals surface area contributed by atoms with Crippen molar-refractivity contribution in [2.24, 2.45) is 0 Å². The van der Waals surface area contributed by atoms with E-state index >= 15 is 0 Å². The Hall–Kier alpha value is -0.880. The van der Waals surface area contributed by atoms with Crippen molar-refractivity contribution in [3.63, 3.8) is 0 Å². The van der Waals surface area contributed by atoms with Crippen molar-refractivity contribution < 1.29 is 9.53 Å². The van der Waals surface area contributed by atoms with Crippen LogP contribution in [-0.2, 0) is 0 Å². The number of carbonyl (C=O) groups is 1. The van der Waals surface area contributed by atoms with Gasteiger partial charge in [-0.2, -0.15) is 11.8 Å². The van der Waals surface area contributed by atoms with Gasteiger partial charge < -0.3 is 15.4 Å². The molecule has 0 radical (unpaired) electrons. The van der Waals surface area contributed by atoms with Gasteiger partial charge in [-0.3, -0.25) is 4.79 Å². The lowest BCUT2D eigenvalue weighted by Crippen LogP contribution is -2.36. The van der Waals surface area contributed by atoms with Gasteiger partial charge in [0.2, 0.25) is 0 Å². The van der Waals surface area contributed by atoms with E-state index in [9.17, 15) is 4.79 Å². The molecular weight excluding hydrogens is 280 g/mol. The maximum absolute atomic E-state index is 11.9. The third kappa shape index (κ3) is 2.84. The molecule has 1 atom stereocenters. The molecule has 0 aromatic carbocycles. The highest BCUT2D eigenvalue weighted by Crippen LogP contribution is 2.46. The summed E-state index contributed by atoms with van der Waals surface area (Å²) in [4.78, 5) is 14.8. The smallest absolute Gasteiger partial charge is 0.177 e. The number of thiophene rings is 1. The van der Waals surface area contributed by atoms with Crippen molar-refractivity contribution >= 4 is 39.6 Å². The number of nitrogens with zero attached hydrogens (tertiary/aromatic N) is 1. The second-order valence-electron chi connectivity index (χ2n) is 4.59. The molecule has 1 aromatic heterocycles. The molecule has 1 saturated heterocycles. The summed E-state index contributed by atoms with van der Waals surface area (Å²) < 4.78 is 5.42. The van der Waals surface area contributed by atoms with Gasteiger partial charge in [0.25, 0.3) is 0 Å². The Morgan fingerprint density at radius 1 is 1.58 bits per heavy atom. The molecule has 0 amide bonds. The Kier molecular flexibility index (Phi) is 4.62. The van der Waals surface area contributed by atoms with E-state index in [-0.39, 0.29) is 5.78 Å². The molecule has 1 aliphatic heterocycles. The molecule has 0 aliphatic carbocycles. The number of methoxy groups -OCH3 is 1. The zero-order valence-electron chi connectivity index (χ0n) is 11.6. The topological polar surface area (TPSA) is 55.6 Å². The monoisotopic (exact) mass is 300 g/mol. The molecule has 4 nitrogen and oxygen atoms in total. The van der Waals surface area contributed by atoms with Crippen molar-refractivity contribution in [3.05, 3.63) is 4.88 Å². The molecule has 6 heteroatoms. The molecule has 1 aliphatic rings. The van der Waals surface area contributed by atoms with Crippen LogP contribution in [0.4, 0.5) is 10.7 Å². The van der Waals surface area contributed by atoms with Crippen LogP contribution in [0.2, 0.25) is 0 Å². The fraction of sp³-hybridized carbons (Fsp3) is 0.615. The Morgan fingerprint density at radius 3 is 2.89 bits per heavy atom. The van der Waals surface area contributed by atoms with Gasteiger partial charge in [0, 0.05) is 30.5 Å². The fourth-order valence-corrected chi connectivity index (χ4v) is 4.44. The zero-order chi connectivity index (χ0) is 14.0. The Labute approximate surface area is 122 Å². The van der Waals surface area contributed by atoms with Gasteiger partial charge in [-0.15, -0.1) is 11.3 Å². The standard InChI is InChI=1S/C13H20N2O2S2/c1-4-9(16)12-10(14)11(17-3)13(19-12)15-5-6-18-8(2)7-15/h8H,4-7,14H2,1-3H3. The Morgan fingerprint density at radius 2 is 2.32 bits per heavy atom. The average Bonchev–Trinajstić information content (AvgIpc) is 2.75. The lowest BCUT2D eigenvalue weighted by molar-refractivity contribution is 0.0992. The molecule has 106 valence electrons. The third-order valence-electron chi connectivity index (χ3n) is 3.19. The largest absolute Gasteiger partial charge is 0.492 e. The maximum Gasteiger partial charge on any atom is 0.177 e. The van der Waals surface area contributed by atoms with E-state index in [1.165, 1.54) is 11.3 Å². The van der Waals surface area contributed by atoms with E-state index < -0.39 is 0 Å². The Balaban J connectivity index is 2.36. The lowest BCUT2D eigenvalue weighted by Gasteiger charge is -2.31. The van der Waals surface area contributed by atoms with Gasteiger partial charge in [-0.1, -0.05) is 13.8 Å². The highest BCUT2D eigenvalue weighted by atomic mass is 32.2. The van der Waals surface area contributed by atoms with Crippen LogP contribution in [0.5, 0.6) is 5.75 Å². The first-order chi connectivity index (χ1) is 9.08. The number of rotatable bonds is 4. The van der Waals surface area contributed by atoms with E-state index in [1.54, 1.807) is 7.11 Å². The molecule has 2 N–H and O–H groups in total. The van der Waals surface area contributed by atoms with Crippen LogP contribution in [0.1, 0.15) is 29.9 Å². The summed E-state index contributed by atoms with van der Waals surface area (Å²) in [5, 5.41) is 1.59. The number of nitrogen functional groups attached to an aromatic ring is 1. The normalized spacial score (nSPS) is 19.5. The molecule has 1 fully saturated rings. The highest BCUT2D eigenvalue weighted by molar-refractivity contribution is 8.00. The van der Waals surface area contributed by atoms with Gasteiger partial charge in [-0.05, 0) is 0 Å². The first kappa shape index (κ1) is 14.5. The quantitative estimate of drug-likeness (QED) is 0.867. The van der Waals surface area contributed by atoms with Crippen LogP contribution in [0.15, 0.2) is 0 Å². The second-order valence-corrected chi connectivity index (χ2v) is 7.13. The van der Waals surface area contributed by atoms with Crippen LogP contribution in [-0.4, -0.2) is 37.0 Å². The lowest BCUT2D eigenvalue weighted by atomic mass is 10.2. The predicted molar refractivity (Wildman–Crippen MR) is 84.0 cm³/mol. The zero-order valence-corrected chi connectivity index (χ0v) is 13.2. The minimum absolute atomic E-state index is 0.0893. The molecule has 1 aromatic rings. The van der Waals surface area contributed by atoms with E-state index in [0.29, 0.717) is 28.0 Å². The number of carbonyl (C=O) groups excluding carboxylic acids is 1. The molecule has 1 unspecified atom stereocenters. The predicted octanol–water partition coefficient (Wildman–Crippen LogP) is 2.87. The van der Waals surface area contributed by atoms with Crippen molar-refractivity contribution in [1.29, 1.82) is 0 Å². The van der Waals surface area contributed by atoms with Crippen molar-refractivity contribution in [2.75, 3.05) is 36.6 Å². The first-order valence-electron chi connectivity index (χ1n) is 6.44. The second kappa shape index (κ2) is 6.05. The molecular formula is C13H20N2O2S2. The molecule has 2 heterocycles. The van der Waals surface area contributed by atoms with Gasteiger partial charge in [0.05, 0.1) is 17.7 Å². The van der Waals surface area contributed by atoms with Crippen LogP contribution >= 0.6 is 23.1 Å². The van der Waals surface area contributed by atoms with Gasteiger partial charge in [0.1, 0.15) is 5.00 Å². The minimum atomic E-state index is 0.0893. The van der Waals surface area contributed by atoms with E-state index in [0.717, 1.165) is 23.8 Å². The Bertz CT molecular complexity index is 473. The van der Waals surface area contributed by atoms with Crippen LogP contribution in [0.25, 0.3) is 0 Å². The summed E-state index contributed by atoms with van der Waals surface area (Å²) in [5.74, 6) is 1.85. The van der Waals surface area contributed by atoms with Crippen LogP contribution in [0.3, 0.4) is 0 Å². The number of hydrogen-bond donors (Lipinski definition) is 1. The van der Waals surface area contributed by atoms with Crippen LogP contribution in [0, 0.1) is 0 Å². The fourth-order valence-electron chi connectivity index (χ4n) is 2.19. The van der Waals surface area contributed by atoms with Crippen LogP contribution < -0.4 is 15.4 Å². The van der Waals surface area contributed by atoms with Crippen molar-refractivity contribution in [1.82, 2.24) is 0 Å². The summed E-state index contributed by atoms with van der Waals surface area (Å²) in [6.45, 7) is 6.03. The van der Waals surface area contributed by atoms with E-state index in [2.05, 4.69) is 11.8 Å². The van der Waals surface area contributed by atoms with Gasteiger partial charge in [-0.25, -0.2) is 0 Å². The summed E-state index contributed by atoms with van der Waals surface area (Å²) in [6.07, 6.45) is 0.472. The number of ketones is 1. The number of hydrogen-bond acceptors (Lipinski definition) is 6.